The van der Waals surface area contributed by atoms with Crippen LogP contribution < -0.4 is 5.43 Å². The van der Waals surface area contributed by atoms with Gasteiger partial charge in [-0.2, -0.15) is 5.10 Å². The lowest BCUT2D eigenvalue weighted by Gasteiger charge is -2.19. The number of nitrogens with one attached hydrogen (secondary N) is 1. The molecule has 0 saturated carbocycles. The molecule has 1 aliphatic heterocycles. The van der Waals surface area contributed by atoms with Crippen LogP contribution in [0.2, 0.25) is 0 Å². The number of nitrogens with zero attached hydrogens (tertiary/aromatic N) is 1. The van der Waals surface area contributed by atoms with E-state index in [1.165, 1.54) is 5.56 Å². The van der Waals surface area contributed by atoms with E-state index in [-0.39, 0.29) is 22.8 Å². The van der Waals surface area contributed by atoms with E-state index in [0.717, 1.165) is 5.56 Å². The number of carbonyl (C=O) groups is 1. The summed E-state index contributed by atoms with van der Waals surface area (Å²) in [6.07, 6.45) is 0.378. The van der Waals surface area contributed by atoms with Gasteiger partial charge in [0.25, 0.3) is 0 Å². The fourth-order valence-corrected chi connectivity index (χ4v) is 4.25. The van der Waals surface area contributed by atoms with Crippen LogP contribution in [0, 0.1) is 5.92 Å². The lowest BCUT2D eigenvalue weighted by Crippen LogP contribution is -2.28. The predicted octanol–water partition coefficient (Wildman–Crippen LogP) is 2.26. The maximum atomic E-state index is 12.0. The van der Waals surface area contributed by atoms with Crippen LogP contribution >= 0.6 is 0 Å². The molecule has 2 rings (SSSR count). The molecule has 1 fully saturated rings. The number of carbonyl (C=O) groups excluding carboxylic acids is 1. The molecular formula is C17H24N2O3S. The molecule has 1 aromatic rings. The van der Waals surface area contributed by atoms with Crippen LogP contribution in [0.15, 0.2) is 29.4 Å². The third kappa shape index (κ3) is 4.64. The Morgan fingerprint density at radius 2 is 1.83 bits per heavy atom. The topological polar surface area (TPSA) is 75.6 Å². The molecule has 1 amide bonds. The van der Waals surface area contributed by atoms with Crippen LogP contribution in [0.1, 0.15) is 45.2 Å². The molecule has 5 nitrogen and oxygen atoms in total. The highest BCUT2D eigenvalue weighted by molar-refractivity contribution is 7.91. The molecule has 1 N–H and O–H groups in total. The normalized spacial score (nSPS) is 21.2. The summed E-state index contributed by atoms with van der Waals surface area (Å²) >= 11 is 0. The highest BCUT2D eigenvalue weighted by Gasteiger charge is 2.32. The van der Waals surface area contributed by atoms with Crippen molar-refractivity contribution < 1.29 is 13.2 Å². The lowest BCUT2D eigenvalue weighted by atomic mass is 9.86. The van der Waals surface area contributed by atoms with Crippen LogP contribution in [-0.2, 0) is 20.0 Å². The summed E-state index contributed by atoms with van der Waals surface area (Å²) in [5.74, 6) is -0.799. The quantitative estimate of drug-likeness (QED) is 0.679. The van der Waals surface area contributed by atoms with Crippen molar-refractivity contribution in [2.75, 3.05) is 11.5 Å². The smallest absolute Gasteiger partial charge is 0.244 e. The van der Waals surface area contributed by atoms with Crippen molar-refractivity contribution >= 4 is 21.5 Å². The van der Waals surface area contributed by atoms with Crippen molar-refractivity contribution in [3.8, 4) is 0 Å². The molecule has 1 heterocycles. The van der Waals surface area contributed by atoms with Crippen molar-refractivity contribution in [2.45, 2.75) is 39.5 Å². The molecule has 1 atom stereocenters. The Hall–Kier alpha value is -1.69. The van der Waals surface area contributed by atoms with Crippen molar-refractivity contribution in [3.05, 3.63) is 35.4 Å². The van der Waals surface area contributed by atoms with Crippen LogP contribution in [-0.4, -0.2) is 31.5 Å². The predicted molar refractivity (Wildman–Crippen MR) is 92.3 cm³/mol. The Labute approximate surface area is 138 Å². The van der Waals surface area contributed by atoms with Crippen molar-refractivity contribution in [2.24, 2.45) is 11.0 Å². The van der Waals surface area contributed by atoms with Crippen LogP contribution in [0.4, 0.5) is 0 Å². The van der Waals surface area contributed by atoms with E-state index < -0.39 is 15.8 Å². The summed E-state index contributed by atoms with van der Waals surface area (Å²) in [5, 5.41) is 4.10. The molecule has 0 bridgehead atoms. The molecule has 1 saturated heterocycles. The molecule has 0 aromatic heterocycles. The number of benzene rings is 1. The van der Waals surface area contributed by atoms with E-state index in [0.29, 0.717) is 12.1 Å². The standard InChI is InChI=1S/C17H24N2O3S/c1-12(13-5-7-15(8-6-13)17(2,3)4)18-19-16(20)14-9-10-23(21,22)11-14/h5-8,14H,9-11H2,1-4H3,(H,19,20)/b18-12-/t14-/m1/s1. The Morgan fingerprint density at radius 1 is 1.22 bits per heavy atom. The summed E-state index contributed by atoms with van der Waals surface area (Å²) in [5.41, 5.74) is 5.43. The average molecular weight is 336 g/mol. The van der Waals surface area contributed by atoms with Gasteiger partial charge in [-0.05, 0) is 29.9 Å². The Morgan fingerprint density at radius 3 is 2.30 bits per heavy atom. The first-order valence-corrected chi connectivity index (χ1v) is 9.56. The summed E-state index contributed by atoms with van der Waals surface area (Å²) in [4.78, 5) is 12.0. The largest absolute Gasteiger partial charge is 0.273 e. The van der Waals surface area contributed by atoms with Gasteiger partial charge in [0.2, 0.25) is 5.91 Å². The maximum Gasteiger partial charge on any atom is 0.244 e. The lowest BCUT2D eigenvalue weighted by molar-refractivity contribution is -0.124. The van der Waals surface area contributed by atoms with Gasteiger partial charge in [-0.3, -0.25) is 4.79 Å². The second kappa shape index (κ2) is 6.43. The minimum Gasteiger partial charge on any atom is -0.273 e. The van der Waals surface area contributed by atoms with E-state index in [1.807, 2.05) is 19.1 Å². The van der Waals surface area contributed by atoms with Gasteiger partial charge >= 0.3 is 0 Å². The van der Waals surface area contributed by atoms with Gasteiger partial charge in [0.05, 0.1) is 23.1 Å². The molecule has 0 radical (unpaired) electrons. The van der Waals surface area contributed by atoms with Gasteiger partial charge in [0, 0.05) is 0 Å². The number of hydrogen-bond donors (Lipinski definition) is 1. The first-order chi connectivity index (χ1) is 10.6. The number of amides is 1. The summed E-state index contributed by atoms with van der Waals surface area (Å²) in [7, 11) is -3.06. The van der Waals surface area contributed by atoms with Crippen LogP contribution in [0.3, 0.4) is 0 Å². The van der Waals surface area contributed by atoms with E-state index >= 15 is 0 Å². The van der Waals surface area contributed by atoms with Crippen LogP contribution in [0.5, 0.6) is 0 Å². The van der Waals surface area contributed by atoms with Gasteiger partial charge in [-0.1, -0.05) is 45.0 Å². The molecule has 0 aliphatic carbocycles. The molecule has 0 unspecified atom stereocenters. The third-order valence-corrected chi connectivity index (χ3v) is 5.87. The molecule has 1 aliphatic rings. The average Bonchev–Trinajstić information content (AvgIpc) is 2.84. The minimum atomic E-state index is -3.06. The first-order valence-electron chi connectivity index (χ1n) is 7.74. The van der Waals surface area contributed by atoms with Gasteiger partial charge in [-0.15, -0.1) is 0 Å². The van der Waals surface area contributed by atoms with E-state index in [2.05, 4.69) is 43.4 Å². The molecule has 126 valence electrons. The van der Waals surface area contributed by atoms with Crippen molar-refractivity contribution in [1.82, 2.24) is 5.43 Å². The summed E-state index contributed by atoms with van der Waals surface area (Å²) in [6, 6.07) is 8.07. The number of hydrazone groups is 1. The van der Waals surface area contributed by atoms with Gasteiger partial charge in [0.1, 0.15) is 0 Å². The monoisotopic (exact) mass is 336 g/mol. The van der Waals surface area contributed by atoms with E-state index in [4.69, 9.17) is 0 Å². The van der Waals surface area contributed by atoms with E-state index in [1.54, 1.807) is 0 Å². The number of rotatable bonds is 3. The van der Waals surface area contributed by atoms with Crippen molar-refractivity contribution in [3.63, 3.8) is 0 Å². The van der Waals surface area contributed by atoms with E-state index in [9.17, 15) is 13.2 Å². The Bertz CT molecular complexity index is 713. The fourth-order valence-electron chi connectivity index (χ4n) is 2.51. The number of sulfone groups is 1. The molecular weight excluding hydrogens is 312 g/mol. The van der Waals surface area contributed by atoms with Crippen LogP contribution in [0.25, 0.3) is 0 Å². The highest BCUT2D eigenvalue weighted by Crippen LogP contribution is 2.22. The zero-order valence-corrected chi connectivity index (χ0v) is 14.9. The van der Waals surface area contributed by atoms with Gasteiger partial charge < -0.3 is 0 Å². The second-order valence-corrected chi connectivity index (χ2v) is 9.33. The SMILES string of the molecule is C/C(=N/NC(=O)[C@@H]1CCS(=O)(=O)C1)c1ccc(C(C)(C)C)cc1. The zero-order valence-electron chi connectivity index (χ0n) is 14.1. The Balaban J connectivity index is 2.01. The summed E-state index contributed by atoms with van der Waals surface area (Å²) < 4.78 is 22.8. The van der Waals surface area contributed by atoms with Gasteiger partial charge in [-0.25, -0.2) is 13.8 Å². The Kier molecular flexibility index (Phi) is 4.94. The molecule has 23 heavy (non-hydrogen) atoms. The molecule has 1 aromatic carbocycles. The zero-order chi connectivity index (χ0) is 17.3. The summed E-state index contributed by atoms with van der Waals surface area (Å²) in [6.45, 7) is 8.27. The first kappa shape index (κ1) is 17.7. The fraction of sp³-hybridized carbons (Fsp3) is 0.529. The third-order valence-electron chi connectivity index (χ3n) is 4.11. The van der Waals surface area contributed by atoms with Gasteiger partial charge in [0.15, 0.2) is 9.84 Å². The highest BCUT2D eigenvalue weighted by atomic mass is 32.2. The maximum absolute atomic E-state index is 12.0. The molecule has 0 spiro atoms. The second-order valence-electron chi connectivity index (χ2n) is 7.10. The molecule has 6 heteroatoms. The minimum absolute atomic E-state index is 0.0757. The van der Waals surface area contributed by atoms with Crippen molar-refractivity contribution in [1.29, 1.82) is 0 Å². The number of hydrogen-bond acceptors (Lipinski definition) is 4.